The van der Waals surface area contributed by atoms with Crippen molar-refractivity contribution in [3.8, 4) is 0 Å². The number of nitrogens with zero attached hydrogens (tertiary/aromatic N) is 1. The van der Waals surface area contributed by atoms with Gasteiger partial charge in [-0.05, 0) is 24.8 Å². The van der Waals surface area contributed by atoms with Gasteiger partial charge in [-0.3, -0.25) is 0 Å². The van der Waals surface area contributed by atoms with Crippen LogP contribution in [0.1, 0.15) is 6.92 Å². The Kier molecular flexibility index (Phi) is 4.95. The van der Waals surface area contributed by atoms with Gasteiger partial charge in [-0.1, -0.05) is 18.7 Å². The maximum atomic E-state index is 3.72. The molecular weight excluding hydrogens is 202 g/mol. The molecule has 0 fully saturated rings. The predicted octanol–water partition coefficient (Wildman–Crippen LogP) is 2.53. The van der Waals surface area contributed by atoms with Crippen molar-refractivity contribution in [1.82, 2.24) is 4.90 Å². The van der Waals surface area contributed by atoms with Gasteiger partial charge < -0.3 is 4.90 Å². The molecule has 0 unspecified atom stereocenters. The molecular formula is C9H14BrN. The Morgan fingerprint density at radius 1 is 1.73 bits per heavy atom. The first-order chi connectivity index (χ1) is 4.86. The fraction of sp³-hybridized carbons (Fsp3) is 0.333. The Hall–Kier alpha value is -0.500. The molecule has 0 saturated carbocycles. The summed E-state index contributed by atoms with van der Waals surface area (Å²) in [4.78, 5) is 2.25. The van der Waals surface area contributed by atoms with E-state index in [1.807, 2.05) is 6.08 Å². The second-order valence-corrected chi connectivity index (χ2v) is 2.35. The van der Waals surface area contributed by atoms with Crippen LogP contribution in [0.15, 0.2) is 36.6 Å². The molecule has 0 atom stereocenters. The molecule has 1 aliphatic heterocycles. The van der Waals surface area contributed by atoms with E-state index in [0.717, 1.165) is 13.1 Å². The monoisotopic (exact) mass is 215 g/mol. The van der Waals surface area contributed by atoms with Crippen LogP contribution >= 0.6 is 17.0 Å². The Bertz CT molecular complexity index is 182. The number of halogens is 1. The Morgan fingerprint density at radius 3 is 3.00 bits per heavy atom. The number of hydrogen-bond donors (Lipinski definition) is 0. The molecule has 0 radical (unpaired) electrons. The summed E-state index contributed by atoms with van der Waals surface area (Å²) in [6.45, 7) is 7.95. The van der Waals surface area contributed by atoms with E-state index < -0.39 is 0 Å². The summed E-state index contributed by atoms with van der Waals surface area (Å²) in [5, 5.41) is 0. The van der Waals surface area contributed by atoms with Crippen molar-refractivity contribution in [3.63, 3.8) is 0 Å². The van der Waals surface area contributed by atoms with Crippen molar-refractivity contribution >= 4 is 17.0 Å². The second kappa shape index (κ2) is 5.19. The van der Waals surface area contributed by atoms with E-state index in [2.05, 4.69) is 36.8 Å². The van der Waals surface area contributed by atoms with Crippen LogP contribution in [0.2, 0.25) is 0 Å². The Morgan fingerprint density at radius 2 is 2.45 bits per heavy atom. The fourth-order valence-electron chi connectivity index (χ4n) is 0.978. The summed E-state index contributed by atoms with van der Waals surface area (Å²) < 4.78 is 0. The van der Waals surface area contributed by atoms with Crippen LogP contribution in [-0.2, 0) is 0 Å². The molecule has 1 nitrogen and oxygen atoms in total. The molecule has 1 aliphatic rings. The van der Waals surface area contributed by atoms with E-state index in [0.29, 0.717) is 0 Å². The first kappa shape index (κ1) is 10.5. The normalized spacial score (nSPS) is 15.4. The largest absolute Gasteiger partial charge is 0.373 e. The molecule has 1 rings (SSSR count). The summed E-state index contributed by atoms with van der Waals surface area (Å²) in [7, 11) is 0. The minimum Gasteiger partial charge on any atom is -0.373 e. The summed E-state index contributed by atoms with van der Waals surface area (Å²) in [6.07, 6.45) is 8.17. The summed E-state index contributed by atoms with van der Waals surface area (Å²) in [5.41, 5.74) is 1.30. The third kappa shape index (κ3) is 2.93. The molecule has 62 valence electrons. The average Bonchev–Trinajstić information content (AvgIpc) is 2.05. The van der Waals surface area contributed by atoms with Crippen molar-refractivity contribution in [2.45, 2.75) is 6.92 Å². The van der Waals surface area contributed by atoms with Gasteiger partial charge in [0.1, 0.15) is 0 Å². The van der Waals surface area contributed by atoms with Crippen LogP contribution in [-0.4, -0.2) is 18.0 Å². The molecule has 11 heavy (non-hydrogen) atoms. The van der Waals surface area contributed by atoms with Crippen LogP contribution in [0, 0.1) is 0 Å². The molecule has 0 aromatic rings. The standard InChI is InChI=1S/C9H13N.BrH/c1-3-9-6-5-7-10(4-2)8-9;/h3,5-7H,1,4,8H2,2H3;1H. The lowest BCUT2D eigenvalue weighted by Gasteiger charge is -2.21. The maximum Gasteiger partial charge on any atom is 0.0423 e. The molecule has 0 aromatic heterocycles. The van der Waals surface area contributed by atoms with Gasteiger partial charge in [-0.25, -0.2) is 0 Å². The molecule has 0 amide bonds. The highest BCUT2D eigenvalue weighted by atomic mass is 79.9. The van der Waals surface area contributed by atoms with Crippen molar-refractivity contribution in [3.05, 3.63) is 36.6 Å². The van der Waals surface area contributed by atoms with E-state index in [1.54, 1.807) is 0 Å². The van der Waals surface area contributed by atoms with E-state index >= 15 is 0 Å². The molecule has 0 aromatic carbocycles. The third-order valence-corrected chi connectivity index (χ3v) is 1.66. The van der Waals surface area contributed by atoms with Crippen LogP contribution in [0.25, 0.3) is 0 Å². The maximum absolute atomic E-state index is 3.72. The fourth-order valence-corrected chi connectivity index (χ4v) is 0.978. The molecule has 0 bridgehead atoms. The lowest BCUT2D eigenvalue weighted by atomic mass is 10.2. The quantitative estimate of drug-likeness (QED) is 0.685. The van der Waals surface area contributed by atoms with Crippen molar-refractivity contribution in [2.24, 2.45) is 0 Å². The first-order valence-corrected chi connectivity index (χ1v) is 3.60. The SMILES string of the molecule is Br.C=CC1=CC=CN(CC)C1. The Balaban J connectivity index is 0.000001000. The molecule has 0 spiro atoms. The minimum atomic E-state index is 0. The number of allylic oxidation sites excluding steroid dienone is 2. The van der Waals surface area contributed by atoms with Crippen molar-refractivity contribution in [1.29, 1.82) is 0 Å². The van der Waals surface area contributed by atoms with Crippen LogP contribution in [0.5, 0.6) is 0 Å². The minimum absolute atomic E-state index is 0. The van der Waals surface area contributed by atoms with Gasteiger partial charge >= 0.3 is 0 Å². The van der Waals surface area contributed by atoms with Gasteiger partial charge in [0, 0.05) is 13.1 Å². The highest BCUT2D eigenvalue weighted by Gasteiger charge is 2.00. The van der Waals surface area contributed by atoms with Crippen molar-refractivity contribution in [2.75, 3.05) is 13.1 Å². The summed E-state index contributed by atoms with van der Waals surface area (Å²) >= 11 is 0. The van der Waals surface area contributed by atoms with Crippen LogP contribution < -0.4 is 0 Å². The average molecular weight is 216 g/mol. The lowest BCUT2D eigenvalue weighted by Crippen LogP contribution is -2.20. The predicted molar refractivity (Wildman–Crippen MR) is 55.0 cm³/mol. The van der Waals surface area contributed by atoms with Gasteiger partial charge in [0.05, 0.1) is 0 Å². The van der Waals surface area contributed by atoms with Gasteiger partial charge in [-0.2, -0.15) is 0 Å². The van der Waals surface area contributed by atoms with Crippen molar-refractivity contribution < 1.29 is 0 Å². The zero-order valence-electron chi connectivity index (χ0n) is 6.79. The smallest absolute Gasteiger partial charge is 0.0423 e. The van der Waals surface area contributed by atoms with Gasteiger partial charge in [0.2, 0.25) is 0 Å². The van der Waals surface area contributed by atoms with E-state index in [-0.39, 0.29) is 17.0 Å². The van der Waals surface area contributed by atoms with Gasteiger partial charge in [0.25, 0.3) is 0 Å². The number of rotatable bonds is 2. The Labute approximate surface area is 78.9 Å². The second-order valence-electron chi connectivity index (χ2n) is 2.35. The van der Waals surface area contributed by atoms with Gasteiger partial charge in [0.15, 0.2) is 0 Å². The highest BCUT2D eigenvalue weighted by Crippen LogP contribution is 2.06. The summed E-state index contributed by atoms with van der Waals surface area (Å²) in [5.74, 6) is 0. The zero-order chi connectivity index (χ0) is 7.40. The lowest BCUT2D eigenvalue weighted by molar-refractivity contribution is 0.428. The topological polar surface area (TPSA) is 3.24 Å². The highest BCUT2D eigenvalue weighted by molar-refractivity contribution is 8.93. The molecule has 0 N–H and O–H groups in total. The molecule has 2 heteroatoms. The van der Waals surface area contributed by atoms with Gasteiger partial charge in [-0.15, -0.1) is 17.0 Å². The number of likely N-dealkylation sites (N-methyl/N-ethyl adjacent to an activating group) is 1. The first-order valence-electron chi connectivity index (χ1n) is 3.60. The third-order valence-electron chi connectivity index (χ3n) is 1.66. The zero-order valence-corrected chi connectivity index (χ0v) is 8.50. The van der Waals surface area contributed by atoms with E-state index in [9.17, 15) is 0 Å². The molecule has 0 aliphatic carbocycles. The summed E-state index contributed by atoms with van der Waals surface area (Å²) in [6, 6.07) is 0. The molecule has 0 saturated heterocycles. The molecule has 1 heterocycles. The number of hydrogen-bond acceptors (Lipinski definition) is 1. The van der Waals surface area contributed by atoms with Crippen LogP contribution in [0.4, 0.5) is 0 Å². The van der Waals surface area contributed by atoms with E-state index in [4.69, 9.17) is 0 Å². The van der Waals surface area contributed by atoms with Crippen LogP contribution in [0.3, 0.4) is 0 Å². The van der Waals surface area contributed by atoms with E-state index in [1.165, 1.54) is 5.57 Å².